The molecule has 1 heterocycles. The van der Waals surface area contributed by atoms with Crippen LogP contribution < -0.4 is 0 Å². The molecule has 0 aliphatic heterocycles. The number of rotatable bonds is 1. The number of aromatic nitrogens is 2. The van der Waals surface area contributed by atoms with Gasteiger partial charge in [-0.25, -0.2) is 4.68 Å². The number of hydrogen-bond donors (Lipinski definition) is 0. The zero-order valence-corrected chi connectivity index (χ0v) is 9.60. The fourth-order valence-corrected chi connectivity index (χ4v) is 1.80. The van der Waals surface area contributed by atoms with Crippen molar-refractivity contribution in [2.75, 3.05) is 0 Å². The second-order valence-electron chi connectivity index (χ2n) is 3.76. The summed E-state index contributed by atoms with van der Waals surface area (Å²) in [5, 5.41) is 22.4. The van der Waals surface area contributed by atoms with Gasteiger partial charge in [-0.2, -0.15) is 15.6 Å². The van der Waals surface area contributed by atoms with Crippen molar-refractivity contribution in [2.45, 2.75) is 13.8 Å². The highest BCUT2D eigenvalue weighted by atomic mass is 15.3. The second kappa shape index (κ2) is 4.11. The maximum Gasteiger partial charge on any atom is 0.103 e. The Balaban J connectivity index is 2.74. The monoisotopic (exact) mass is 222 g/mol. The maximum absolute atomic E-state index is 9.15. The van der Waals surface area contributed by atoms with Crippen molar-refractivity contribution in [3.8, 4) is 17.8 Å². The van der Waals surface area contributed by atoms with Gasteiger partial charge in [-0.15, -0.1) is 0 Å². The van der Waals surface area contributed by atoms with Crippen molar-refractivity contribution in [1.82, 2.24) is 9.78 Å². The molecule has 0 atom stereocenters. The van der Waals surface area contributed by atoms with Crippen molar-refractivity contribution in [3.63, 3.8) is 0 Å². The molecule has 1 aromatic heterocycles. The van der Waals surface area contributed by atoms with Crippen LogP contribution >= 0.6 is 0 Å². The molecule has 0 saturated heterocycles. The van der Waals surface area contributed by atoms with Crippen LogP contribution in [0.3, 0.4) is 0 Å². The highest BCUT2D eigenvalue weighted by Gasteiger charge is 2.12. The van der Waals surface area contributed by atoms with E-state index in [1.54, 1.807) is 22.9 Å². The summed E-state index contributed by atoms with van der Waals surface area (Å²) < 4.78 is 1.69. The van der Waals surface area contributed by atoms with Gasteiger partial charge in [0.1, 0.15) is 12.1 Å². The van der Waals surface area contributed by atoms with Crippen molar-refractivity contribution in [1.29, 1.82) is 10.5 Å². The van der Waals surface area contributed by atoms with Crippen molar-refractivity contribution in [3.05, 3.63) is 46.8 Å². The molecule has 0 unspecified atom stereocenters. The topological polar surface area (TPSA) is 65.4 Å². The van der Waals surface area contributed by atoms with E-state index in [9.17, 15) is 0 Å². The molecule has 0 spiro atoms. The molecule has 1 aromatic carbocycles. The highest BCUT2D eigenvalue weighted by molar-refractivity contribution is 5.57. The fourth-order valence-electron chi connectivity index (χ4n) is 1.80. The van der Waals surface area contributed by atoms with Crippen molar-refractivity contribution < 1.29 is 0 Å². The van der Waals surface area contributed by atoms with Crippen molar-refractivity contribution >= 4 is 0 Å². The number of benzene rings is 1. The third-order valence-corrected chi connectivity index (χ3v) is 2.51. The Morgan fingerprint density at radius 1 is 1.18 bits per heavy atom. The van der Waals surface area contributed by atoms with Crippen LogP contribution in [-0.2, 0) is 0 Å². The predicted molar refractivity (Wildman–Crippen MR) is 62.5 cm³/mol. The molecule has 4 nitrogen and oxygen atoms in total. The van der Waals surface area contributed by atoms with Crippen LogP contribution in [0.25, 0.3) is 5.69 Å². The summed E-state index contributed by atoms with van der Waals surface area (Å²) in [4.78, 5) is 0. The van der Waals surface area contributed by atoms with Crippen LogP contribution in [0.5, 0.6) is 0 Å². The van der Waals surface area contributed by atoms with E-state index in [-0.39, 0.29) is 0 Å². The molecule has 0 saturated carbocycles. The van der Waals surface area contributed by atoms with Crippen LogP contribution in [0.2, 0.25) is 0 Å². The first kappa shape index (κ1) is 10.9. The molecule has 0 aliphatic rings. The molecular weight excluding hydrogens is 212 g/mol. The van der Waals surface area contributed by atoms with Crippen LogP contribution in [0, 0.1) is 36.5 Å². The van der Waals surface area contributed by atoms with E-state index >= 15 is 0 Å². The summed E-state index contributed by atoms with van der Waals surface area (Å²) in [5.41, 5.74) is 3.21. The van der Waals surface area contributed by atoms with E-state index in [1.165, 1.54) is 0 Å². The summed E-state index contributed by atoms with van der Waals surface area (Å²) in [7, 11) is 0. The van der Waals surface area contributed by atoms with E-state index in [0.717, 1.165) is 11.4 Å². The van der Waals surface area contributed by atoms with Gasteiger partial charge in [-0.3, -0.25) is 0 Å². The highest BCUT2D eigenvalue weighted by Crippen LogP contribution is 2.19. The zero-order chi connectivity index (χ0) is 12.4. The number of nitriles is 2. The molecule has 0 amide bonds. The quantitative estimate of drug-likeness (QED) is 0.743. The average Bonchev–Trinajstić information content (AvgIpc) is 2.67. The SMILES string of the molecule is Cc1cc(C)n(-c2cccc(C#N)c2C#N)n1. The minimum Gasteiger partial charge on any atom is -0.236 e. The Bertz CT molecular complexity index is 653. The molecule has 82 valence electrons. The predicted octanol–water partition coefficient (Wildman–Crippen LogP) is 2.23. The zero-order valence-electron chi connectivity index (χ0n) is 9.60. The third-order valence-electron chi connectivity index (χ3n) is 2.51. The molecule has 0 fully saturated rings. The lowest BCUT2D eigenvalue weighted by molar-refractivity contribution is 0.830. The molecule has 0 radical (unpaired) electrons. The van der Waals surface area contributed by atoms with Gasteiger partial charge in [0.25, 0.3) is 0 Å². The first-order valence-corrected chi connectivity index (χ1v) is 5.14. The standard InChI is InChI=1S/C13H10N4/c1-9-6-10(2)17(16-9)13-5-3-4-11(7-14)12(13)8-15/h3-6H,1-2H3. The van der Waals surface area contributed by atoms with Crippen LogP contribution in [0.15, 0.2) is 24.3 Å². The number of nitrogens with zero attached hydrogens (tertiary/aromatic N) is 4. The Morgan fingerprint density at radius 2 is 1.94 bits per heavy atom. The largest absolute Gasteiger partial charge is 0.236 e. The van der Waals surface area contributed by atoms with Crippen LogP contribution in [0.4, 0.5) is 0 Å². The summed E-state index contributed by atoms with van der Waals surface area (Å²) in [6, 6.07) is 11.2. The van der Waals surface area contributed by atoms with E-state index in [0.29, 0.717) is 16.8 Å². The molecule has 2 aromatic rings. The third kappa shape index (κ3) is 1.77. The van der Waals surface area contributed by atoms with Gasteiger partial charge in [0, 0.05) is 5.69 Å². The first-order valence-electron chi connectivity index (χ1n) is 5.14. The minimum absolute atomic E-state index is 0.362. The van der Waals surface area contributed by atoms with Gasteiger partial charge < -0.3 is 0 Å². The summed E-state index contributed by atoms with van der Waals surface area (Å²) in [6.45, 7) is 3.81. The molecule has 17 heavy (non-hydrogen) atoms. The molecule has 0 aliphatic carbocycles. The molecular formula is C13H10N4. The van der Waals surface area contributed by atoms with E-state index < -0.39 is 0 Å². The molecule has 2 rings (SSSR count). The maximum atomic E-state index is 9.15. The normalized spacial score (nSPS) is 9.65. The lowest BCUT2D eigenvalue weighted by Crippen LogP contribution is -2.03. The summed E-state index contributed by atoms with van der Waals surface area (Å²) in [5.74, 6) is 0. The summed E-state index contributed by atoms with van der Waals surface area (Å²) >= 11 is 0. The number of aryl methyl sites for hydroxylation is 2. The van der Waals surface area contributed by atoms with Gasteiger partial charge in [0.05, 0.1) is 22.5 Å². The summed E-state index contributed by atoms with van der Waals surface area (Å²) in [6.07, 6.45) is 0. The van der Waals surface area contributed by atoms with Gasteiger partial charge in [-0.05, 0) is 32.0 Å². The molecule has 0 N–H and O–H groups in total. The Morgan fingerprint density at radius 3 is 2.47 bits per heavy atom. The minimum atomic E-state index is 0.362. The molecule has 4 heteroatoms. The van der Waals surface area contributed by atoms with E-state index in [4.69, 9.17) is 10.5 Å². The Hall–Kier alpha value is -2.59. The lowest BCUT2D eigenvalue weighted by atomic mass is 10.1. The Labute approximate surface area is 99.3 Å². The van der Waals surface area contributed by atoms with Gasteiger partial charge >= 0.3 is 0 Å². The van der Waals surface area contributed by atoms with Gasteiger partial charge in [0.2, 0.25) is 0 Å². The first-order chi connectivity index (χ1) is 8.17. The Kier molecular flexibility index (Phi) is 2.64. The van der Waals surface area contributed by atoms with Crippen molar-refractivity contribution in [2.24, 2.45) is 0 Å². The smallest absolute Gasteiger partial charge is 0.103 e. The van der Waals surface area contributed by atoms with E-state index in [2.05, 4.69) is 11.2 Å². The van der Waals surface area contributed by atoms with Gasteiger partial charge in [0.15, 0.2) is 0 Å². The average molecular weight is 222 g/mol. The lowest BCUT2D eigenvalue weighted by Gasteiger charge is -2.07. The van der Waals surface area contributed by atoms with Crippen LogP contribution in [-0.4, -0.2) is 9.78 Å². The van der Waals surface area contributed by atoms with E-state index in [1.807, 2.05) is 26.0 Å². The second-order valence-corrected chi connectivity index (χ2v) is 3.76. The fraction of sp³-hybridized carbons (Fsp3) is 0.154. The van der Waals surface area contributed by atoms with Gasteiger partial charge in [-0.1, -0.05) is 6.07 Å². The molecule has 0 bridgehead atoms. The number of hydrogen-bond acceptors (Lipinski definition) is 3. The van der Waals surface area contributed by atoms with Crippen LogP contribution in [0.1, 0.15) is 22.5 Å².